The Morgan fingerprint density at radius 3 is 2.27 bits per heavy atom. The number of rotatable bonds is 5. The Hall–Kier alpha value is -1.20. The van der Waals surface area contributed by atoms with Crippen molar-refractivity contribution in [2.45, 2.75) is 22.6 Å². The highest BCUT2D eigenvalue weighted by Crippen LogP contribution is 2.28. The standard InChI is InChI=1S/C12H16O8S2/c13-21(14,15)10-1-2-11(12(7-10)22(16,17)18)20-8-9-3-5-19-6-4-9/h1-2,7,9H,3-6,8H2,(H,13,14,15)(H,16,17,18). The van der Waals surface area contributed by atoms with Crippen molar-refractivity contribution in [2.24, 2.45) is 5.92 Å². The lowest BCUT2D eigenvalue weighted by Crippen LogP contribution is -2.22. The third-order valence-electron chi connectivity index (χ3n) is 3.31. The Balaban J connectivity index is 2.26. The van der Waals surface area contributed by atoms with Crippen LogP contribution in [0.2, 0.25) is 0 Å². The molecule has 0 spiro atoms. The maximum atomic E-state index is 11.4. The van der Waals surface area contributed by atoms with Crippen molar-refractivity contribution in [1.82, 2.24) is 0 Å². The predicted octanol–water partition coefficient (Wildman–Crippen LogP) is 0.985. The van der Waals surface area contributed by atoms with Crippen LogP contribution < -0.4 is 4.74 Å². The van der Waals surface area contributed by atoms with E-state index in [1.807, 2.05) is 0 Å². The van der Waals surface area contributed by atoms with Crippen LogP contribution in [-0.2, 0) is 25.0 Å². The SMILES string of the molecule is O=S(=O)(O)c1ccc(OCC2CCOCC2)c(S(=O)(=O)O)c1. The molecule has 0 aromatic heterocycles. The first-order chi connectivity index (χ1) is 10.2. The lowest BCUT2D eigenvalue weighted by Gasteiger charge is -2.22. The van der Waals surface area contributed by atoms with Gasteiger partial charge in [-0.1, -0.05) is 0 Å². The van der Waals surface area contributed by atoms with Gasteiger partial charge < -0.3 is 9.47 Å². The first-order valence-electron chi connectivity index (χ1n) is 6.47. The van der Waals surface area contributed by atoms with E-state index in [1.54, 1.807) is 0 Å². The lowest BCUT2D eigenvalue weighted by molar-refractivity contribution is 0.0492. The Bertz CT molecular complexity index is 732. The van der Waals surface area contributed by atoms with Crippen molar-refractivity contribution in [3.8, 4) is 5.75 Å². The second-order valence-electron chi connectivity index (χ2n) is 4.93. The summed E-state index contributed by atoms with van der Waals surface area (Å²) in [5.41, 5.74) is 0. The van der Waals surface area contributed by atoms with Crippen LogP contribution in [0.3, 0.4) is 0 Å². The quantitative estimate of drug-likeness (QED) is 0.751. The minimum absolute atomic E-state index is 0.165. The average molecular weight is 352 g/mol. The molecule has 0 amide bonds. The summed E-state index contributed by atoms with van der Waals surface area (Å²) in [4.78, 5) is -1.34. The van der Waals surface area contributed by atoms with Gasteiger partial charge >= 0.3 is 0 Å². The summed E-state index contributed by atoms with van der Waals surface area (Å²) in [7, 11) is -9.28. The van der Waals surface area contributed by atoms with E-state index in [1.165, 1.54) is 0 Å². The molecule has 1 aromatic rings. The largest absolute Gasteiger partial charge is 0.492 e. The van der Waals surface area contributed by atoms with E-state index in [4.69, 9.17) is 14.0 Å². The highest BCUT2D eigenvalue weighted by molar-refractivity contribution is 7.86. The molecule has 2 N–H and O–H groups in total. The van der Waals surface area contributed by atoms with E-state index in [-0.39, 0.29) is 18.3 Å². The highest BCUT2D eigenvalue weighted by Gasteiger charge is 2.22. The predicted molar refractivity (Wildman–Crippen MR) is 75.1 cm³/mol. The van der Waals surface area contributed by atoms with Gasteiger partial charge in [-0.3, -0.25) is 9.11 Å². The van der Waals surface area contributed by atoms with Gasteiger partial charge in [-0.15, -0.1) is 0 Å². The second-order valence-corrected chi connectivity index (χ2v) is 7.74. The number of ether oxygens (including phenoxy) is 2. The van der Waals surface area contributed by atoms with Crippen molar-refractivity contribution in [3.63, 3.8) is 0 Å². The molecule has 0 bridgehead atoms. The molecule has 124 valence electrons. The summed E-state index contributed by atoms with van der Waals surface area (Å²) in [6.07, 6.45) is 1.54. The van der Waals surface area contributed by atoms with Gasteiger partial charge in [-0.05, 0) is 37.0 Å². The monoisotopic (exact) mass is 352 g/mol. The maximum absolute atomic E-state index is 11.4. The van der Waals surface area contributed by atoms with Gasteiger partial charge in [0.25, 0.3) is 20.2 Å². The van der Waals surface area contributed by atoms with Crippen LogP contribution in [0.5, 0.6) is 5.75 Å². The first-order valence-corrected chi connectivity index (χ1v) is 9.35. The van der Waals surface area contributed by atoms with E-state index >= 15 is 0 Å². The molecule has 0 aliphatic carbocycles. The zero-order valence-electron chi connectivity index (χ0n) is 11.5. The van der Waals surface area contributed by atoms with Crippen LogP contribution in [-0.4, -0.2) is 45.8 Å². The molecule has 1 fully saturated rings. The molecule has 8 nitrogen and oxygen atoms in total. The fraction of sp³-hybridized carbons (Fsp3) is 0.500. The van der Waals surface area contributed by atoms with E-state index < -0.39 is 30.0 Å². The summed E-state index contributed by atoms with van der Waals surface area (Å²) in [5.74, 6) is 0.0191. The lowest BCUT2D eigenvalue weighted by atomic mass is 10.0. The molecule has 1 aliphatic rings. The van der Waals surface area contributed by atoms with Crippen LogP contribution in [0, 0.1) is 5.92 Å². The Labute approximate surface area is 128 Å². The zero-order valence-corrected chi connectivity index (χ0v) is 13.1. The number of benzene rings is 1. The van der Waals surface area contributed by atoms with E-state index in [0.717, 1.165) is 25.0 Å². The van der Waals surface area contributed by atoms with Crippen LogP contribution in [0.25, 0.3) is 0 Å². The van der Waals surface area contributed by atoms with Crippen molar-refractivity contribution in [1.29, 1.82) is 0 Å². The van der Waals surface area contributed by atoms with Crippen LogP contribution in [0.15, 0.2) is 28.0 Å². The molecular formula is C12H16O8S2. The molecule has 1 saturated heterocycles. The minimum atomic E-state index is -4.69. The third kappa shape index (κ3) is 4.40. The molecule has 2 rings (SSSR count). The molecule has 10 heteroatoms. The topological polar surface area (TPSA) is 127 Å². The highest BCUT2D eigenvalue weighted by atomic mass is 32.2. The number of hydrogen-bond acceptors (Lipinski definition) is 6. The fourth-order valence-corrected chi connectivity index (χ4v) is 3.33. The van der Waals surface area contributed by atoms with Crippen molar-refractivity contribution < 1.29 is 35.4 Å². The molecule has 1 aromatic carbocycles. The average Bonchev–Trinajstić information content (AvgIpc) is 2.44. The molecule has 0 atom stereocenters. The van der Waals surface area contributed by atoms with Crippen molar-refractivity contribution in [2.75, 3.05) is 19.8 Å². The van der Waals surface area contributed by atoms with Gasteiger partial charge in [-0.25, -0.2) is 0 Å². The van der Waals surface area contributed by atoms with Gasteiger partial charge in [0, 0.05) is 13.2 Å². The van der Waals surface area contributed by atoms with Gasteiger partial charge in [0.05, 0.1) is 11.5 Å². The molecule has 22 heavy (non-hydrogen) atoms. The molecule has 0 radical (unpaired) electrons. The van der Waals surface area contributed by atoms with Gasteiger partial charge in [0.1, 0.15) is 10.6 Å². The fourth-order valence-electron chi connectivity index (χ4n) is 2.09. The number of hydrogen-bond donors (Lipinski definition) is 2. The smallest absolute Gasteiger partial charge is 0.298 e. The van der Waals surface area contributed by atoms with Crippen LogP contribution >= 0.6 is 0 Å². The summed E-state index contributed by atoms with van der Waals surface area (Å²) in [5, 5.41) is 0. The zero-order chi connectivity index (χ0) is 16.4. The third-order valence-corrected chi connectivity index (χ3v) is 5.03. The maximum Gasteiger partial charge on any atom is 0.298 e. The summed E-state index contributed by atoms with van der Waals surface area (Å²) in [6, 6.07) is 2.75. The Morgan fingerprint density at radius 2 is 1.73 bits per heavy atom. The summed E-state index contributed by atoms with van der Waals surface area (Å²) >= 11 is 0. The van der Waals surface area contributed by atoms with Crippen molar-refractivity contribution in [3.05, 3.63) is 18.2 Å². The minimum Gasteiger partial charge on any atom is -0.492 e. The molecule has 0 saturated carbocycles. The first kappa shape index (κ1) is 17.2. The van der Waals surface area contributed by atoms with Gasteiger partial charge in [0.2, 0.25) is 0 Å². The normalized spacial score (nSPS) is 17.4. The van der Waals surface area contributed by atoms with E-state index in [9.17, 15) is 21.4 Å². The van der Waals surface area contributed by atoms with E-state index in [2.05, 4.69) is 0 Å². The van der Waals surface area contributed by atoms with E-state index in [0.29, 0.717) is 19.3 Å². The second kappa shape index (κ2) is 6.50. The van der Waals surface area contributed by atoms with Crippen LogP contribution in [0.4, 0.5) is 0 Å². The Kier molecular flexibility index (Phi) is 5.07. The summed E-state index contributed by atoms with van der Waals surface area (Å²) < 4.78 is 73.6. The molecule has 1 heterocycles. The van der Waals surface area contributed by atoms with Gasteiger partial charge in [-0.2, -0.15) is 16.8 Å². The molecule has 1 aliphatic heterocycles. The summed E-state index contributed by atoms with van der Waals surface area (Å²) in [6.45, 7) is 1.42. The van der Waals surface area contributed by atoms with Crippen molar-refractivity contribution >= 4 is 20.2 Å². The molecular weight excluding hydrogens is 336 g/mol. The van der Waals surface area contributed by atoms with Crippen LogP contribution in [0.1, 0.15) is 12.8 Å². The van der Waals surface area contributed by atoms with Gasteiger partial charge in [0.15, 0.2) is 0 Å². The Morgan fingerprint density at radius 1 is 1.09 bits per heavy atom. The molecule has 0 unspecified atom stereocenters.